The smallest absolute Gasteiger partial charge is 0.293 e. The number of rotatable bonds is 4. The van der Waals surface area contributed by atoms with E-state index in [2.05, 4.69) is 24.1 Å². The number of nitrogens with zero attached hydrogens (tertiary/aromatic N) is 2. The molecule has 1 aromatic rings. The third kappa shape index (κ3) is 3.39. The summed E-state index contributed by atoms with van der Waals surface area (Å²) in [5.74, 6) is 0.326. The minimum Gasteiger partial charge on any atom is -0.388 e. The van der Waals surface area contributed by atoms with E-state index < -0.39 is 5.60 Å². The molecule has 5 nitrogen and oxygen atoms in total. The minimum absolute atomic E-state index is 0.130. The van der Waals surface area contributed by atoms with Crippen LogP contribution in [-0.4, -0.2) is 26.8 Å². The van der Waals surface area contributed by atoms with E-state index in [1.54, 1.807) is 17.0 Å². The van der Waals surface area contributed by atoms with Gasteiger partial charge in [0.05, 0.1) is 5.60 Å². The normalized spacial score (nSPS) is 20.6. The molecule has 0 amide bonds. The van der Waals surface area contributed by atoms with E-state index in [0.29, 0.717) is 24.3 Å². The largest absolute Gasteiger partial charge is 0.388 e. The highest BCUT2D eigenvalue weighted by Crippen LogP contribution is 2.40. The topological polar surface area (TPSA) is 67.2 Å². The molecule has 1 aromatic heterocycles. The number of hydrogen-bond acceptors (Lipinski definition) is 4. The molecule has 1 fully saturated rings. The van der Waals surface area contributed by atoms with Gasteiger partial charge in [0.15, 0.2) is 5.82 Å². The number of anilines is 1. The van der Waals surface area contributed by atoms with Crippen LogP contribution in [0.2, 0.25) is 0 Å². The fourth-order valence-electron chi connectivity index (χ4n) is 2.63. The molecular weight excluding hydrogens is 254 g/mol. The van der Waals surface area contributed by atoms with E-state index in [-0.39, 0.29) is 5.56 Å². The quantitative estimate of drug-likeness (QED) is 0.884. The summed E-state index contributed by atoms with van der Waals surface area (Å²) in [6.07, 6.45) is 6.83. The zero-order valence-corrected chi connectivity index (χ0v) is 12.6. The summed E-state index contributed by atoms with van der Waals surface area (Å²) in [6.45, 7) is 7.40. The van der Waals surface area contributed by atoms with Gasteiger partial charge in [0.25, 0.3) is 5.56 Å². The number of nitrogens with one attached hydrogen (secondary N) is 1. The molecule has 0 aromatic carbocycles. The van der Waals surface area contributed by atoms with Crippen molar-refractivity contribution < 1.29 is 5.11 Å². The molecule has 1 aliphatic rings. The van der Waals surface area contributed by atoms with Gasteiger partial charge in [-0.3, -0.25) is 4.79 Å². The van der Waals surface area contributed by atoms with Crippen molar-refractivity contribution in [2.45, 2.75) is 58.6 Å². The van der Waals surface area contributed by atoms with Gasteiger partial charge in [-0.1, -0.05) is 13.8 Å². The molecule has 2 N–H and O–H groups in total. The molecule has 112 valence electrons. The lowest BCUT2D eigenvalue weighted by Gasteiger charge is -2.40. The lowest BCUT2D eigenvalue weighted by molar-refractivity contribution is -0.0146. The third-order valence-electron chi connectivity index (χ3n) is 4.37. The highest BCUT2D eigenvalue weighted by Gasteiger charge is 2.36. The van der Waals surface area contributed by atoms with E-state index in [1.807, 2.05) is 6.92 Å². The van der Waals surface area contributed by atoms with Crippen LogP contribution >= 0.6 is 0 Å². The molecule has 0 spiro atoms. The molecule has 20 heavy (non-hydrogen) atoms. The summed E-state index contributed by atoms with van der Waals surface area (Å²) < 4.78 is 1.60. The molecule has 1 heterocycles. The van der Waals surface area contributed by atoms with Crippen molar-refractivity contribution in [1.82, 2.24) is 9.55 Å². The van der Waals surface area contributed by atoms with Crippen LogP contribution in [0.15, 0.2) is 17.2 Å². The Labute approximate surface area is 120 Å². The number of aromatic nitrogens is 2. The average molecular weight is 279 g/mol. The molecule has 0 bridgehead atoms. The van der Waals surface area contributed by atoms with Crippen molar-refractivity contribution in [3.63, 3.8) is 0 Å². The number of aryl methyl sites for hydroxylation is 1. The summed E-state index contributed by atoms with van der Waals surface area (Å²) in [5.41, 5.74) is -0.544. The van der Waals surface area contributed by atoms with Gasteiger partial charge in [-0.2, -0.15) is 0 Å². The molecule has 0 aliphatic heterocycles. The second-order valence-electron chi connectivity index (χ2n) is 6.61. The lowest BCUT2D eigenvalue weighted by atomic mass is 9.71. The standard InChI is InChI=1S/C15H25N3O2/c1-4-18-10-9-16-12(13(18)19)17-11-15(20)7-5-14(2,3)6-8-15/h9-10,20H,4-8,11H2,1-3H3,(H,16,17). The number of hydrogen-bond donors (Lipinski definition) is 2. The second kappa shape index (κ2) is 5.56. The molecular formula is C15H25N3O2. The molecule has 5 heteroatoms. The Bertz CT molecular complexity index is 512. The van der Waals surface area contributed by atoms with Gasteiger partial charge in [0.1, 0.15) is 0 Å². The predicted molar refractivity (Wildman–Crippen MR) is 79.9 cm³/mol. The van der Waals surface area contributed by atoms with Crippen molar-refractivity contribution in [2.75, 3.05) is 11.9 Å². The van der Waals surface area contributed by atoms with E-state index in [9.17, 15) is 9.90 Å². The first-order valence-electron chi connectivity index (χ1n) is 7.37. The van der Waals surface area contributed by atoms with Crippen molar-refractivity contribution in [1.29, 1.82) is 0 Å². The fourth-order valence-corrected chi connectivity index (χ4v) is 2.63. The first kappa shape index (κ1) is 15.0. The minimum atomic E-state index is -0.726. The summed E-state index contributed by atoms with van der Waals surface area (Å²) >= 11 is 0. The van der Waals surface area contributed by atoms with Gasteiger partial charge in [-0.15, -0.1) is 0 Å². The molecule has 0 saturated heterocycles. The Morgan fingerprint density at radius 3 is 2.60 bits per heavy atom. The van der Waals surface area contributed by atoms with Gasteiger partial charge in [0.2, 0.25) is 0 Å². The van der Waals surface area contributed by atoms with E-state index in [0.717, 1.165) is 25.7 Å². The summed E-state index contributed by atoms with van der Waals surface area (Å²) in [7, 11) is 0. The van der Waals surface area contributed by atoms with Crippen molar-refractivity contribution in [3.05, 3.63) is 22.7 Å². The summed E-state index contributed by atoms with van der Waals surface area (Å²) in [5, 5.41) is 13.6. The maximum absolute atomic E-state index is 12.0. The van der Waals surface area contributed by atoms with Gasteiger partial charge in [0, 0.05) is 25.5 Å². The summed E-state index contributed by atoms with van der Waals surface area (Å²) in [6, 6.07) is 0. The predicted octanol–water partition coefficient (Wildman–Crippen LogP) is 2.01. The molecule has 1 saturated carbocycles. The molecule has 0 unspecified atom stereocenters. The van der Waals surface area contributed by atoms with Crippen LogP contribution in [0.3, 0.4) is 0 Å². The molecule has 1 aliphatic carbocycles. The van der Waals surface area contributed by atoms with Crippen LogP contribution in [0, 0.1) is 5.41 Å². The zero-order valence-electron chi connectivity index (χ0n) is 12.6. The molecule has 0 radical (unpaired) electrons. The first-order valence-corrected chi connectivity index (χ1v) is 7.37. The fraction of sp³-hybridized carbons (Fsp3) is 0.733. The summed E-state index contributed by atoms with van der Waals surface area (Å²) in [4.78, 5) is 16.1. The first-order chi connectivity index (χ1) is 9.35. The van der Waals surface area contributed by atoms with Crippen LogP contribution in [-0.2, 0) is 6.54 Å². The van der Waals surface area contributed by atoms with Crippen LogP contribution in [0.1, 0.15) is 46.5 Å². The monoisotopic (exact) mass is 279 g/mol. The second-order valence-corrected chi connectivity index (χ2v) is 6.61. The van der Waals surface area contributed by atoms with Crippen LogP contribution < -0.4 is 10.9 Å². The zero-order chi connectivity index (χ0) is 14.8. The van der Waals surface area contributed by atoms with Gasteiger partial charge in [-0.25, -0.2) is 4.98 Å². The molecule has 0 atom stereocenters. The lowest BCUT2D eigenvalue weighted by Crippen LogP contribution is -2.43. The van der Waals surface area contributed by atoms with E-state index in [1.165, 1.54) is 0 Å². The van der Waals surface area contributed by atoms with E-state index in [4.69, 9.17) is 0 Å². The maximum atomic E-state index is 12.0. The van der Waals surface area contributed by atoms with Crippen molar-refractivity contribution in [2.24, 2.45) is 5.41 Å². The highest BCUT2D eigenvalue weighted by atomic mass is 16.3. The van der Waals surface area contributed by atoms with Gasteiger partial charge in [-0.05, 0) is 38.0 Å². The highest BCUT2D eigenvalue weighted by molar-refractivity contribution is 5.31. The Kier molecular flexibility index (Phi) is 4.18. The number of aliphatic hydroxyl groups is 1. The van der Waals surface area contributed by atoms with Gasteiger partial charge >= 0.3 is 0 Å². The van der Waals surface area contributed by atoms with Crippen LogP contribution in [0.25, 0.3) is 0 Å². The Morgan fingerprint density at radius 1 is 1.35 bits per heavy atom. The van der Waals surface area contributed by atoms with E-state index >= 15 is 0 Å². The van der Waals surface area contributed by atoms with Crippen LogP contribution in [0.5, 0.6) is 0 Å². The molecule has 2 rings (SSSR count). The Hall–Kier alpha value is -1.36. The average Bonchev–Trinajstić information content (AvgIpc) is 2.42. The van der Waals surface area contributed by atoms with Crippen molar-refractivity contribution >= 4 is 5.82 Å². The Morgan fingerprint density at radius 2 is 2.00 bits per heavy atom. The van der Waals surface area contributed by atoms with Crippen LogP contribution in [0.4, 0.5) is 5.82 Å². The maximum Gasteiger partial charge on any atom is 0.293 e. The SMILES string of the molecule is CCn1ccnc(NCC2(O)CCC(C)(C)CC2)c1=O. The third-order valence-corrected chi connectivity index (χ3v) is 4.37. The van der Waals surface area contributed by atoms with Crippen molar-refractivity contribution in [3.8, 4) is 0 Å². The Balaban J connectivity index is 2.01. The van der Waals surface area contributed by atoms with Gasteiger partial charge < -0.3 is 15.0 Å².